The molecule has 0 aliphatic heterocycles. The second kappa shape index (κ2) is 8.00. The average molecular weight is 331 g/mol. The fourth-order valence-corrected chi connectivity index (χ4v) is 2.00. The van der Waals surface area contributed by atoms with Gasteiger partial charge in [-0.3, -0.25) is 5.43 Å². The van der Waals surface area contributed by atoms with Crippen molar-refractivity contribution in [1.29, 1.82) is 0 Å². The lowest BCUT2D eigenvalue weighted by Gasteiger charge is -2.10. The number of rotatable bonds is 5. The van der Waals surface area contributed by atoms with E-state index in [1.165, 1.54) is 13.2 Å². The molecule has 0 aliphatic carbocycles. The minimum absolute atomic E-state index is 0.0750. The Morgan fingerprint density at radius 1 is 1.13 bits per heavy atom. The highest BCUT2D eigenvalue weighted by molar-refractivity contribution is 7.80. The first-order valence-electron chi connectivity index (χ1n) is 6.74. The number of para-hydroxylation sites is 2. The molecule has 6 nitrogen and oxygen atoms in total. The summed E-state index contributed by atoms with van der Waals surface area (Å²) < 4.78 is 10.3. The molecule has 0 saturated heterocycles. The average Bonchev–Trinajstić information content (AvgIpc) is 2.57. The van der Waals surface area contributed by atoms with Gasteiger partial charge in [0.25, 0.3) is 0 Å². The molecule has 0 atom stereocenters. The molecule has 0 radical (unpaired) electrons. The molecule has 2 aromatic carbocycles. The molecule has 0 heterocycles. The van der Waals surface area contributed by atoms with Gasteiger partial charge >= 0.3 is 0 Å². The van der Waals surface area contributed by atoms with Crippen LogP contribution in [0.1, 0.15) is 5.56 Å². The molecule has 23 heavy (non-hydrogen) atoms. The molecule has 0 spiro atoms. The van der Waals surface area contributed by atoms with Crippen molar-refractivity contribution in [3.05, 3.63) is 48.0 Å². The zero-order chi connectivity index (χ0) is 16.7. The van der Waals surface area contributed by atoms with Gasteiger partial charge in [0.05, 0.1) is 26.1 Å². The summed E-state index contributed by atoms with van der Waals surface area (Å²) in [7, 11) is 3.08. The number of ether oxygens (including phenoxy) is 2. The number of phenolic OH excluding ortho intramolecular Hbond substituents is 1. The van der Waals surface area contributed by atoms with Crippen molar-refractivity contribution < 1.29 is 14.6 Å². The van der Waals surface area contributed by atoms with Gasteiger partial charge in [0, 0.05) is 0 Å². The third-order valence-corrected chi connectivity index (χ3v) is 3.13. The number of aromatic hydroxyl groups is 1. The summed E-state index contributed by atoms with van der Waals surface area (Å²) in [4.78, 5) is 0. The van der Waals surface area contributed by atoms with Gasteiger partial charge in [-0.1, -0.05) is 12.1 Å². The Labute approximate surface area is 139 Å². The summed E-state index contributed by atoms with van der Waals surface area (Å²) in [6.45, 7) is 0. The summed E-state index contributed by atoms with van der Waals surface area (Å²) >= 11 is 5.17. The van der Waals surface area contributed by atoms with Crippen molar-refractivity contribution in [3.8, 4) is 17.2 Å². The number of benzene rings is 2. The highest BCUT2D eigenvalue weighted by Crippen LogP contribution is 2.25. The normalized spacial score (nSPS) is 10.3. The number of methoxy groups -OCH3 is 2. The Kier molecular flexibility index (Phi) is 5.76. The highest BCUT2D eigenvalue weighted by atomic mass is 32.1. The number of hydrogen-bond donors (Lipinski definition) is 3. The SMILES string of the molecule is COc1cc(/C=N/NC(=S)Nc2ccccc2OC)ccc1O. The maximum Gasteiger partial charge on any atom is 0.191 e. The van der Waals surface area contributed by atoms with E-state index in [0.717, 1.165) is 11.3 Å². The van der Waals surface area contributed by atoms with Gasteiger partial charge in [-0.2, -0.15) is 5.10 Å². The fraction of sp³-hybridized carbons (Fsp3) is 0.125. The van der Waals surface area contributed by atoms with E-state index in [9.17, 15) is 5.11 Å². The van der Waals surface area contributed by atoms with Crippen molar-refractivity contribution in [2.24, 2.45) is 5.10 Å². The molecular formula is C16H17N3O3S. The molecule has 0 aliphatic rings. The molecule has 0 aromatic heterocycles. The highest BCUT2D eigenvalue weighted by Gasteiger charge is 2.03. The van der Waals surface area contributed by atoms with Crippen LogP contribution in [0.2, 0.25) is 0 Å². The number of hydrogen-bond acceptors (Lipinski definition) is 5. The summed E-state index contributed by atoms with van der Waals surface area (Å²) in [5.41, 5.74) is 4.22. The molecule has 0 fully saturated rings. The summed E-state index contributed by atoms with van der Waals surface area (Å²) in [6, 6.07) is 12.3. The Hall–Kier alpha value is -2.80. The maximum atomic E-state index is 9.53. The lowest BCUT2D eigenvalue weighted by Crippen LogP contribution is -2.24. The van der Waals surface area contributed by atoms with Crippen molar-refractivity contribution in [2.45, 2.75) is 0 Å². The van der Waals surface area contributed by atoms with Gasteiger partial charge in [-0.05, 0) is 48.1 Å². The second-order valence-corrected chi connectivity index (χ2v) is 4.86. The molecule has 0 bridgehead atoms. The van der Waals surface area contributed by atoms with Crippen LogP contribution in [0.25, 0.3) is 0 Å². The quantitative estimate of drug-likeness (QED) is 0.444. The number of nitrogens with one attached hydrogen (secondary N) is 2. The van der Waals surface area contributed by atoms with Gasteiger partial charge in [-0.25, -0.2) is 0 Å². The number of nitrogens with zero attached hydrogens (tertiary/aromatic N) is 1. The van der Waals surface area contributed by atoms with E-state index in [1.54, 1.807) is 25.5 Å². The Morgan fingerprint density at radius 3 is 2.61 bits per heavy atom. The second-order valence-electron chi connectivity index (χ2n) is 4.46. The molecule has 2 rings (SSSR count). The van der Waals surface area contributed by atoms with E-state index in [0.29, 0.717) is 16.6 Å². The van der Waals surface area contributed by atoms with Crippen molar-refractivity contribution in [3.63, 3.8) is 0 Å². The zero-order valence-corrected chi connectivity index (χ0v) is 13.6. The topological polar surface area (TPSA) is 75.1 Å². The molecule has 7 heteroatoms. The van der Waals surface area contributed by atoms with Crippen LogP contribution in [0.5, 0.6) is 17.2 Å². The fourth-order valence-electron chi connectivity index (χ4n) is 1.84. The molecule has 0 unspecified atom stereocenters. The lowest BCUT2D eigenvalue weighted by atomic mass is 10.2. The van der Waals surface area contributed by atoms with E-state index in [4.69, 9.17) is 21.7 Å². The van der Waals surface area contributed by atoms with E-state index in [1.807, 2.05) is 24.3 Å². The van der Waals surface area contributed by atoms with Crippen LogP contribution in [0.15, 0.2) is 47.6 Å². The minimum Gasteiger partial charge on any atom is -0.504 e. The number of phenols is 1. The smallest absolute Gasteiger partial charge is 0.191 e. The monoisotopic (exact) mass is 331 g/mol. The molecule has 120 valence electrons. The van der Waals surface area contributed by atoms with Gasteiger partial charge in [0.15, 0.2) is 16.6 Å². The van der Waals surface area contributed by atoms with Gasteiger partial charge in [0.2, 0.25) is 0 Å². The predicted octanol–water partition coefficient (Wildman–Crippen LogP) is 2.73. The minimum atomic E-state index is 0.0750. The molecule has 0 saturated carbocycles. The van der Waals surface area contributed by atoms with Gasteiger partial charge in [-0.15, -0.1) is 0 Å². The van der Waals surface area contributed by atoms with Crippen LogP contribution in [0.3, 0.4) is 0 Å². The van der Waals surface area contributed by atoms with E-state index in [-0.39, 0.29) is 5.75 Å². The number of anilines is 1. The molecular weight excluding hydrogens is 314 g/mol. The molecule has 0 amide bonds. The molecule has 3 N–H and O–H groups in total. The first-order chi connectivity index (χ1) is 11.1. The number of hydrazone groups is 1. The predicted molar refractivity (Wildman–Crippen MR) is 94.6 cm³/mol. The van der Waals surface area contributed by atoms with E-state index >= 15 is 0 Å². The largest absolute Gasteiger partial charge is 0.504 e. The first kappa shape index (κ1) is 16.6. The van der Waals surface area contributed by atoms with Crippen LogP contribution >= 0.6 is 12.2 Å². The standard InChI is InChI=1S/C16H17N3O3S/c1-21-14-6-4-3-5-12(14)18-16(23)19-17-10-11-7-8-13(20)15(9-11)22-2/h3-10,20H,1-2H3,(H2,18,19,23)/b17-10+. The van der Waals surface area contributed by atoms with Crippen molar-refractivity contribution in [2.75, 3.05) is 19.5 Å². The maximum absolute atomic E-state index is 9.53. The third-order valence-electron chi connectivity index (χ3n) is 2.94. The summed E-state index contributed by atoms with van der Waals surface area (Å²) in [5, 5.41) is 16.9. The van der Waals surface area contributed by atoms with Crippen LogP contribution < -0.4 is 20.2 Å². The summed E-state index contributed by atoms with van der Waals surface area (Å²) in [5.74, 6) is 1.14. The van der Waals surface area contributed by atoms with Crippen LogP contribution in [0, 0.1) is 0 Å². The van der Waals surface area contributed by atoms with Crippen LogP contribution in [-0.4, -0.2) is 30.7 Å². The first-order valence-corrected chi connectivity index (χ1v) is 7.15. The van der Waals surface area contributed by atoms with E-state index in [2.05, 4.69) is 15.8 Å². The summed E-state index contributed by atoms with van der Waals surface area (Å²) in [6.07, 6.45) is 1.57. The van der Waals surface area contributed by atoms with Crippen molar-refractivity contribution >= 4 is 29.2 Å². The Bertz CT molecular complexity index is 719. The Morgan fingerprint density at radius 2 is 1.87 bits per heavy atom. The van der Waals surface area contributed by atoms with Gasteiger partial charge in [0.1, 0.15) is 5.75 Å². The van der Waals surface area contributed by atoms with Crippen LogP contribution in [0.4, 0.5) is 5.69 Å². The number of thiocarbonyl (C=S) groups is 1. The van der Waals surface area contributed by atoms with Crippen LogP contribution in [-0.2, 0) is 0 Å². The zero-order valence-electron chi connectivity index (χ0n) is 12.7. The lowest BCUT2D eigenvalue weighted by molar-refractivity contribution is 0.373. The van der Waals surface area contributed by atoms with Crippen molar-refractivity contribution in [1.82, 2.24) is 5.43 Å². The van der Waals surface area contributed by atoms with Gasteiger partial charge < -0.3 is 19.9 Å². The molecule has 2 aromatic rings. The van der Waals surface area contributed by atoms with E-state index < -0.39 is 0 Å². The Balaban J connectivity index is 1.96. The third kappa shape index (κ3) is 4.58.